The van der Waals surface area contributed by atoms with Crippen LogP contribution in [0.15, 0.2) is 23.1 Å². The quantitative estimate of drug-likeness (QED) is 0.737. The van der Waals surface area contributed by atoms with E-state index in [2.05, 4.69) is 10.2 Å². The predicted octanol–water partition coefficient (Wildman–Crippen LogP) is 3.09. The average molecular weight is 420 g/mol. The summed E-state index contributed by atoms with van der Waals surface area (Å²) in [6.45, 7) is 2.48. The molecule has 7 heteroatoms. The van der Waals surface area contributed by atoms with Gasteiger partial charge in [-0.3, -0.25) is 4.79 Å². The molecule has 4 rings (SSSR count). The highest BCUT2D eigenvalue weighted by molar-refractivity contribution is 7.89. The molecule has 0 spiro atoms. The Morgan fingerprint density at radius 1 is 1.17 bits per heavy atom. The van der Waals surface area contributed by atoms with Crippen LogP contribution in [-0.4, -0.2) is 52.4 Å². The average Bonchev–Trinajstić information content (AvgIpc) is 3.45. The Bertz CT molecular complexity index is 862. The van der Waals surface area contributed by atoms with E-state index < -0.39 is 10.0 Å². The summed E-state index contributed by atoms with van der Waals surface area (Å²) in [6, 6.07) is 4.97. The van der Waals surface area contributed by atoms with Gasteiger partial charge in [0.2, 0.25) is 10.0 Å². The van der Waals surface area contributed by atoms with Gasteiger partial charge in [-0.2, -0.15) is 0 Å². The van der Waals surface area contributed by atoms with Crippen molar-refractivity contribution < 1.29 is 13.2 Å². The van der Waals surface area contributed by atoms with Crippen LogP contribution in [0.4, 0.5) is 5.69 Å². The number of fused-ring (bicyclic) bond motifs is 2. The summed E-state index contributed by atoms with van der Waals surface area (Å²) < 4.78 is 26.4. The monoisotopic (exact) mass is 419 g/mol. The second-order valence-electron chi connectivity index (χ2n) is 9.14. The van der Waals surface area contributed by atoms with Crippen LogP contribution in [0, 0.1) is 17.8 Å². The number of benzene rings is 1. The molecule has 1 aromatic carbocycles. The number of anilines is 1. The lowest BCUT2D eigenvalue weighted by Gasteiger charge is -2.23. The summed E-state index contributed by atoms with van der Waals surface area (Å²) in [6.07, 6.45) is 8.67. The van der Waals surface area contributed by atoms with Gasteiger partial charge < -0.3 is 10.2 Å². The third-order valence-electron chi connectivity index (χ3n) is 7.12. The maximum Gasteiger partial charge on any atom is 0.253 e. The Hall–Kier alpha value is -1.60. The highest BCUT2D eigenvalue weighted by atomic mass is 32.2. The first kappa shape index (κ1) is 20.7. The summed E-state index contributed by atoms with van der Waals surface area (Å²) in [5.74, 6) is 2.35. The standard InChI is InChI=1S/C22H33N3O3S/c1-24(2)29(27,28)19-7-8-21(25-11-3-4-12-25)20(15-19)22(26)23-10-9-18-14-16-5-6-17(18)13-16/h7-8,15-18H,3-6,9-14H2,1-2H3,(H,23,26). The summed E-state index contributed by atoms with van der Waals surface area (Å²) >= 11 is 0. The third-order valence-corrected chi connectivity index (χ3v) is 8.93. The Labute approximate surface area is 174 Å². The molecule has 1 heterocycles. The van der Waals surface area contributed by atoms with Gasteiger partial charge in [-0.15, -0.1) is 0 Å². The predicted molar refractivity (Wildman–Crippen MR) is 115 cm³/mol. The maximum absolute atomic E-state index is 13.1. The summed E-state index contributed by atoms with van der Waals surface area (Å²) in [5.41, 5.74) is 1.32. The van der Waals surface area contributed by atoms with E-state index in [1.165, 1.54) is 44.1 Å². The summed E-state index contributed by atoms with van der Waals surface area (Å²) in [4.78, 5) is 15.4. The number of carbonyl (C=O) groups excluding carboxylic acids is 1. The van der Waals surface area contributed by atoms with Gasteiger partial charge >= 0.3 is 0 Å². The SMILES string of the molecule is CN(C)S(=O)(=O)c1ccc(N2CCCC2)c(C(=O)NCCC2CC3CCC2C3)c1. The fourth-order valence-electron chi connectivity index (χ4n) is 5.50. The third kappa shape index (κ3) is 4.17. The highest BCUT2D eigenvalue weighted by Crippen LogP contribution is 2.49. The molecule has 0 radical (unpaired) electrons. The number of nitrogens with zero attached hydrogens (tertiary/aromatic N) is 2. The largest absolute Gasteiger partial charge is 0.371 e. The van der Waals surface area contributed by atoms with Crippen LogP contribution >= 0.6 is 0 Å². The molecule has 3 fully saturated rings. The van der Waals surface area contributed by atoms with Crippen molar-refractivity contribution in [3.63, 3.8) is 0 Å². The van der Waals surface area contributed by atoms with E-state index in [0.29, 0.717) is 12.1 Å². The van der Waals surface area contributed by atoms with Crippen molar-refractivity contribution in [1.29, 1.82) is 0 Å². The van der Waals surface area contributed by atoms with E-state index in [1.54, 1.807) is 18.2 Å². The van der Waals surface area contributed by atoms with Crippen molar-refractivity contribution in [2.24, 2.45) is 17.8 Å². The van der Waals surface area contributed by atoms with Crippen LogP contribution in [0.2, 0.25) is 0 Å². The van der Waals surface area contributed by atoms with Gasteiger partial charge in [0.05, 0.1) is 10.5 Å². The Balaban J connectivity index is 1.50. The van der Waals surface area contributed by atoms with E-state index in [0.717, 1.165) is 55.8 Å². The number of hydrogen-bond donors (Lipinski definition) is 1. The topological polar surface area (TPSA) is 69.7 Å². The lowest BCUT2D eigenvalue weighted by Crippen LogP contribution is -2.30. The number of sulfonamides is 1. The molecular weight excluding hydrogens is 386 g/mol. The van der Waals surface area contributed by atoms with Gasteiger partial charge in [-0.25, -0.2) is 12.7 Å². The molecule has 6 nitrogen and oxygen atoms in total. The molecule has 2 aliphatic carbocycles. The zero-order valence-electron chi connectivity index (χ0n) is 17.6. The van der Waals surface area contributed by atoms with Gasteiger partial charge in [0.1, 0.15) is 0 Å². The molecule has 1 amide bonds. The van der Waals surface area contributed by atoms with Gasteiger partial charge in [0.25, 0.3) is 5.91 Å². The number of rotatable bonds is 7. The number of hydrogen-bond acceptors (Lipinski definition) is 4. The second kappa shape index (κ2) is 8.26. The molecule has 3 aliphatic rings. The number of amides is 1. The molecule has 2 saturated carbocycles. The van der Waals surface area contributed by atoms with Crippen molar-refractivity contribution >= 4 is 21.6 Å². The van der Waals surface area contributed by atoms with Crippen LogP contribution < -0.4 is 10.2 Å². The van der Waals surface area contributed by atoms with Crippen LogP contribution in [0.25, 0.3) is 0 Å². The Morgan fingerprint density at radius 3 is 2.55 bits per heavy atom. The van der Waals surface area contributed by atoms with Crippen molar-refractivity contribution in [2.45, 2.75) is 49.8 Å². The molecule has 2 bridgehead atoms. The van der Waals surface area contributed by atoms with E-state index >= 15 is 0 Å². The zero-order valence-corrected chi connectivity index (χ0v) is 18.4. The van der Waals surface area contributed by atoms with Crippen LogP contribution in [-0.2, 0) is 10.0 Å². The molecule has 1 aromatic rings. The minimum absolute atomic E-state index is 0.161. The van der Waals surface area contributed by atoms with Crippen molar-refractivity contribution in [2.75, 3.05) is 38.6 Å². The van der Waals surface area contributed by atoms with Crippen molar-refractivity contribution in [3.8, 4) is 0 Å². The van der Waals surface area contributed by atoms with E-state index in [1.807, 2.05) is 0 Å². The maximum atomic E-state index is 13.1. The molecule has 160 valence electrons. The van der Waals surface area contributed by atoms with Gasteiger partial charge in [-0.1, -0.05) is 6.42 Å². The summed E-state index contributed by atoms with van der Waals surface area (Å²) in [7, 11) is -0.552. The Kier molecular flexibility index (Phi) is 5.89. The molecular formula is C22H33N3O3S. The zero-order chi connectivity index (χ0) is 20.6. The highest BCUT2D eigenvalue weighted by Gasteiger charge is 2.38. The van der Waals surface area contributed by atoms with Crippen LogP contribution in [0.3, 0.4) is 0 Å². The van der Waals surface area contributed by atoms with Crippen LogP contribution in [0.5, 0.6) is 0 Å². The first-order valence-electron chi connectivity index (χ1n) is 11.0. The Morgan fingerprint density at radius 2 is 1.93 bits per heavy atom. The van der Waals surface area contributed by atoms with Gasteiger partial charge in [0.15, 0.2) is 0 Å². The first-order chi connectivity index (χ1) is 13.9. The fourth-order valence-corrected chi connectivity index (χ4v) is 6.43. The van der Waals surface area contributed by atoms with Crippen molar-refractivity contribution in [1.82, 2.24) is 9.62 Å². The second-order valence-corrected chi connectivity index (χ2v) is 11.3. The first-order valence-corrected chi connectivity index (χ1v) is 12.4. The van der Waals surface area contributed by atoms with Gasteiger partial charge in [-0.05, 0) is 74.5 Å². The molecule has 3 atom stereocenters. The molecule has 1 aliphatic heterocycles. The van der Waals surface area contributed by atoms with E-state index in [4.69, 9.17) is 0 Å². The van der Waals surface area contributed by atoms with Gasteiger partial charge in [0, 0.05) is 39.4 Å². The molecule has 3 unspecified atom stereocenters. The minimum atomic E-state index is -3.58. The molecule has 1 saturated heterocycles. The summed E-state index contributed by atoms with van der Waals surface area (Å²) in [5, 5.41) is 3.08. The van der Waals surface area contributed by atoms with E-state index in [9.17, 15) is 13.2 Å². The van der Waals surface area contributed by atoms with E-state index in [-0.39, 0.29) is 10.8 Å². The smallest absolute Gasteiger partial charge is 0.253 e. The molecule has 29 heavy (non-hydrogen) atoms. The molecule has 0 aromatic heterocycles. The van der Waals surface area contributed by atoms with Crippen molar-refractivity contribution in [3.05, 3.63) is 23.8 Å². The lowest BCUT2D eigenvalue weighted by molar-refractivity contribution is 0.0950. The minimum Gasteiger partial charge on any atom is -0.371 e. The molecule has 1 N–H and O–H groups in total. The number of nitrogens with one attached hydrogen (secondary N) is 1. The number of carbonyl (C=O) groups is 1. The van der Waals surface area contributed by atoms with Crippen LogP contribution in [0.1, 0.15) is 55.3 Å². The lowest BCUT2D eigenvalue weighted by atomic mass is 9.86. The normalized spacial score (nSPS) is 26.4. The fraction of sp³-hybridized carbons (Fsp3) is 0.682.